The lowest BCUT2D eigenvalue weighted by Gasteiger charge is -2.16. The second-order valence-electron chi connectivity index (χ2n) is 5.88. The number of nitrogens with two attached hydrogens (primary N) is 1. The third-order valence-corrected chi connectivity index (χ3v) is 4.23. The fourth-order valence-corrected chi connectivity index (χ4v) is 2.62. The van der Waals surface area contributed by atoms with Crippen molar-refractivity contribution in [3.63, 3.8) is 0 Å². The first-order valence-corrected chi connectivity index (χ1v) is 7.44. The predicted octanol–water partition coefficient (Wildman–Crippen LogP) is 3.04. The molecule has 0 spiro atoms. The molecule has 2 heteroatoms. The fourth-order valence-electron chi connectivity index (χ4n) is 2.62. The fraction of sp³-hybridized carbons (Fsp3) is 0.647. The van der Waals surface area contributed by atoms with Crippen molar-refractivity contribution in [1.29, 1.82) is 0 Å². The van der Waals surface area contributed by atoms with Gasteiger partial charge in [0.05, 0.1) is 0 Å². The summed E-state index contributed by atoms with van der Waals surface area (Å²) in [6.45, 7) is 14.1. The minimum atomic E-state index is 0.673. The lowest BCUT2D eigenvalue weighted by Crippen LogP contribution is -2.25. The van der Waals surface area contributed by atoms with Gasteiger partial charge >= 0.3 is 0 Å². The maximum absolute atomic E-state index is 5.57. The van der Waals surface area contributed by atoms with Crippen LogP contribution in [0.2, 0.25) is 0 Å². The zero-order valence-corrected chi connectivity index (χ0v) is 13.3. The number of hydrogen-bond donors (Lipinski definition) is 2. The van der Waals surface area contributed by atoms with Crippen molar-refractivity contribution >= 4 is 0 Å². The van der Waals surface area contributed by atoms with Crippen molar-refractivity contribution in [3.05, 3.63) is 33.9 Å². The van der Waals surface area contributed by atoms with E-state index >= 15 is 0 Å². The van der Waals surface area contributed by atoms with Crippen molar-refractivity contribution in [2.75, 3.05) is 19.6 Å². The average Bonchev–Trinajstić information content (AvgIpc) is 2.36. The normalized spacial score (nSPS) is 12.7. The van der Waals surface area contributed by atoms with Crippen molar-refractivity contribution in [1.82, 2.24) is 5.32 Å². The molecule has 1 aromatic carbocycles. The highest BCUT2D eigenvalue weighted by Gasteiger charge is 2.08. The standard InChI is InChI=1S/C17H30N2/c1-12(6-8-18)11-19-9-7-17-15(4)13(2)10-14(3)16(17)5/h10,12,19H,6-9,11,18H2,1-5H3. The first-order valence-electron chi connectivity index (χ1n) is 7.44. The van der Waals surface area contributed by atoms with Crippen LogP contribution in [-0.4, -0.2) is 19.6 Å². The van der Waals surface area contributed by atoms with Crippen LogP contribution in [0, 0.1) is 33.6 Å². The van der Waals surface area contributed by atoms with Crippen LogP contribution in [0.4, 0.5) is 0 Å². The Kier molecular flexibility index (Phi) is 6.53. The molecular formula is C17H30N2. The Labute approximate surface area is 118 Å². The van der Waals surface area contributed by atoms with E-state index in [0.717, 1.165) is 32.5 Å². The van der Waals surface area contributed by atoms with Crippen LogP contribution >= 0.6 is 0 Å². The summed E-state index contributed by atoms with van der Waals surface area (Å²) >= 11 is 0. The van der Waals surface area contributed by atoms with E-state index < -0.39 is 0 Å². The molecule has 108 valence electrons. The quantitative estimate of drug-likeness (QED) is 0.741. The highest BCUT2D eigenvalue weighted by atomic mass is 14.8. The lowest BCUT2D eigenvalue weighted by molar-refractivity contribution is 0.488. The van der Waals surface area contributed by atoms with E-state index in [1.807, 2.05) is 0 Å². The van der Waals surface area contributed by atoms with Crippen LogP contribution in [0.15, 0.2) is 6.07 Å². The zero-order chi connectivity index (χ0) is 14.4. The van der Waals surface area contributed by atoms with Gasteiger partial charge in [0.2, 0.25) is 0 Å². The average molecular weight is 262 g/mol. The van der Waals surface area contributed by atoms with Crippen LogP contribution in [0.1, 0.15) is 41.2 Å². The first kappa shape index (κ1) is 16.2. The molecule has 0 saturated carbocycles. The smallest absolute Gasteiger partial charge is 0.000803 e. The highest BCUT2D eigenvalue weighted by molar-refractivity contribution is 5.44. The van der Waals surface area contributed by atoms with Crippen LogP contribution in [0.25, 0.3) is 0 Å². The predicted molar refractivity (Wildman–Crippen MR) is 84.8 cm³/mol. The zero-order valence-electron chi connectivity index (χ0n) is 13.3. The summed E-state index contributed by atoms with van der Waals surface area (Å²) in [5.41, 5.74) is 12.8. The largest absolute Gasteiger partial charge is 0.330 e. The van der Waals surface area contributed by atoms with Gasteiger partial charge in [-0.05, 0) is 93.9 Å². The molecule has 0 aliphatic carbocycles. The van der Waals surface area contributed by atoms with E-state index in [2.05, 4.69) is 46.0 Å². The summed E-state index contributed by atoms with van der Waals surface area (Å²) in [6, 6.07) is 2.30. The van der Waals surface area contributed by atoms with Gasteiger partial charge in [0, 0.05) is 0 Å². The van der Waals surface area contributed by atoms with Crippen LogP contribution in [-0.2, 0) is 6.42 Å². The van der Waals surface area contributed by atoms with Gasteiger partial charge < -0.3 is 11.1 Å². The second kappa shape index (κ2) is 7.66. The molecule has 0 heterocycles. The third-order valence-electron chi connectivity index (χ3n) is 4.23. The SMILES string of the molecule is Cc1cc(C)c(C)c(CCNCC(C)CCN)c1C. The summed E-state index contributed by atoms with van der Waals surface area (Å²) < 4.78 is 0. The molecule has 1 aromatic rings. The van der Waals surface area contributed by atoms with Crippen LogP contribution in [0.5, 0.6) is 0 Å². The van der Waals surface area contributed by atoms with Crippen molar-refractivity contribution < 1.29 is 0 Å². The van der Waals surface area contributed by atoms with Gasteiger partial charge in [0.15, 0.2) is 0 Å². The van der Waals surface area contributed by atoms with Gasteiger partial charge in [0.1, 0.15) is 0 Å². The summed E-state index contributed by atoms with van der Waals surface area (Å²) in [6.07, 6.45) is 2.23. The Morgan fingerprint density at radius 1 is 1.11 bits per heavy atom. The third kappa shape index (κ3) is 4.63. The molecule has 0 fully saturated rings. The van der Waals surface area contributed by atoms with Crippen molar-refractivity contribution in [2.45, 2.75) is 47.5 Å². The van der Waals surface area contributed by atoms with E-state index in [1.54, 1.807) is 0 Å². The summed E-state index contributed by atoms with van der Waals surface area (Å²) in [7, 11) is 0. The molecule has 0 radical (unpaired) electrons. The van der Waals surface area contributed by atoms with E-state index in [1.165, 1.54) is 27.8 Å². The van der Waals surface area contributed by atoms with Gasteiger partial charge in [-0.25, -0.2) is 0 Å². The molecule has 0 aromatic heterocycles. The molecular weight excluding hydrogens is 232 g/mol. The number of benzene rings is 1. The topological polar surface area (TPSA) is 38.0 Å². The molecule has 2 nitrogen and oxygen atoms in total. The van der Waals surface area contributed by atoms with Gasteiger partial charge in [-0.1, -0.05) is 13.0 Å². The maximum Gasteiger partial charge on any atom is -0.000803 e. The molecule has 1 atom stereocenters. The van der Waals surface area contributed by atoms with E-state index in [9.17, 15) is 0 Å². The van der Waals surface area contributed by atoms with Gasteiger partial charge in [-0.3, -0.25) is 0 Å². The first-order chi connectivity index (χ1) is 8.97. The minimum absolute atomic E-state index is 0.673. The molecule has 3 N–H and O–H groups in total. The molecule has 1 unspecified atom stereocenters. The lowest BCUT2D eigenvalue weighted by atomic mass is 9.92. The highest BCUT2D eigenvalue weighted by Crippen LogP contribution is 2.21. The molecule has 0 aliphatic heterocycles. The molecule has 0 aliphatic rings. The number of aryl methyl sites for hydroxylation is 2. The minimum Gasteiger partial charge on any atom is -0.330 e. The maximum atomic E-state index is 5.57. The molecule has 0 amide bonds. The Hall–Kier alpha value is -0.860. The second-order valence-corrected chi connectivity index (χ2v) is 5.88. The van der Waals surface area contributed by atoms with Gasteiger partial charge in [-0.15, -0.1) is 0 Å². The molecule has 1 rings (SSSR count). The van der Waals surface area contributed by atoms with E-state index in [4.69, 9.17) is 5.73 Å². The van der Waals surface area contributed by atoms with E-state index in [-0.39, 0.29) is 0 Å². The van der Waals surface area contributed by atoms with Gasteiger partial charge in [0.25, 0.3) is 0 Å². The Morgan fingerprint density at radius 3 is 2.21 bits per heavy atom. The van der Waals surface area contributed by atoms with Crippen LogP contribution < -0.4 is 11.1 Å². The summed E-state index contributed by atoms with van der Waals surface area (Å²) in [4.78, 5) is 0. The summed E-state index contributed by atoms with van der Waals surface area (Å²) in [5, 5.41) is 3.56. The Balaban J connectivity index is 2.54. The monoisotopic (exact) mass is 262 g/mol. The number of rotatable bonds is 7. The van der Waals surface area contributed by atoms with Crippen molar-refractivity contribution in [3.8, 4) is 0 Å². The summed E-state index contributed by atoms with van der Waals surface area (Å²) in [5.74, 6) is 0.673. The number of hydrogen-bond acceptors (Lipinski definition) is 2. The molecule has 0 saturated heterocycles. The molecule has 19 heavy (non-hydrogen) atoms. The number of nitrogens with one attached hydrogen (secondary N) is 1. The molecule has 0 bridgehead atoms. The van der Waals surface area contributed by atoms with Crippen molar-refractivity contribution in [2.24, 2.45) is 11.7 Å². The Morgan fingerprint density at radius 2 is 1.68 bits per heavy atom. The van der Waals surface area contributed by atoms with Crippen LogP contribution in [0.3, 0.4) is 0 Å². The van der Waals surface area contributed by atoms with Gasteiger partial charge in [-0.2, -0.15) is 0 Å². The Bertz CT molecular complexity index is 384. The van der Waals surface area contributed by atoms with E-state index in [0.29, 0.717) is 5.92 Å².